The molecule has 6 heteroatoms. The topological polar surface area (TPSA) is 55.8 Å². The van der Waals surface area contributed by atoms with Gasteiger partial charge in [-0.05, 0) is 90.1 Å². The molecule has 0 saturated heterocycles. The Hall–Kier alpha value is -2.62. The number of rotatable bonds is 8. The van der Waals surface area contributed by atoms with E-state index >= 15 is 0 Å². The van der Waals surface area contributed by atoms with Crippen LogP contribution in [0.1, 0.15) is 48.0 Å². The number of halogens is 1. The van der Waals surface area contributed by atoms with Gasteiger partial charge in [-0.3, -0.25) is 4.57 Å². The second-order valence-electron chi connectivity index (χ2n) is 9.65. The Balaban J connectivity index is 1.36. The van der Waals surface area contributed by atoms with E-state index in [0.717, 1.165) is 48.1 Å². The van der Waals surface area contributed by atoms with Crippen molar-refractivity contribution in [3.05, 3.63) is 83.2 Å². The van der Waals surface area contributed by atoms with Crippen LogP contribution in [-0.2, 0) is 11.0 Å². The normalized spacial score (nSPS) is 19.8. The zero-order valence-corrected chi connectivity index (χ0v) is 20.4. The molecule has 0 bridgehead atoms. The number of aryl methyl sites for hydroxylation is 1. The first-order chi connectivity index (χ1) is 16.3. The summed E-state index contributed by atoms with van der Waals surface area (Å²) in [6, 6.07) is 18.8. The molecule has 0 aromatic heterocycles. The Morgan fingerprint density at radius 2 is 1.88 bits per heavy atom. The van der Waals surface area contributed by atoms with Crippen molar-refractivity contribution in [1.82, 2.24) is 0 Å². The zero-order chi connectivity index (χ0) is 23.9. The molecule has 3 aromatic rings. The smallest absolute Gasteiger partial charge is 0.198 e. The van der Waals surface area contributed by atoms with Crippen LogP contribution in [0.3, 0.4) is 0 Å². The Kier molecular flexibility index (Phi) is 6.26. The Morgan fingerprint density at radius 3 is 2.62 bits per heavy atom. The van der Waals surface area contributed by atoms with Gasteiger partial charge >= 0.3 is 0 Å². The van der Waals surface area contributed by atoms with Gasteiger partial charge in [0.25, 0.3) is 0 Å². The molecule has 0 radical (unpaired) electrons. The Labute approximate surface area is 200 Å². The highest BCUT2D eigenvalue weighted by atomic mass is 31.2. The van der Waals surface area contributed by atoms with Crippen LogP contribution < -0.4 is 9.47 Å². The number of hydrogen-bond donors (Lipinski definition) is 1. The summed E-state index contributed by atoms with van der Waals surface area (Å²) in [4.78, 5) is 9.98. The highest BCUT2D eigenvalue weighted by molar-refractivity contribution is 7.57. The fourth-order valence-electron chi connectivity index (χ4n) is 5.09. The molecule has 4 nitrogen and oxygen atoms in total. The van der Waals surface area contributed by atoms with Gasteiger partial charge in [0, 0.05) is 18.4 Å². The van der Waals surface area contributed by atoms with E-state index < -0.39 is 7.37 Å². The lowest BCUT2D eigenvalue weighted by Crippen LogP contribution is -2.09. The van der Waals surface area contributed by atoms with Crippen LogP contribution in [0.5, 0.6) is 11.5 Å². The molecule has 0 spiro atoms. The zero-order valence-electron chi connectivity index (χ0n) is 19.5. The van der Waals surface area contributed by atoms with E-state index in [2.05, 4.69) is 6.07 Å². The van der Waals surface area contributed by atoms with Gasteiger partial charge in [0.2, 0.25) is 0 Å². The number of hydrogen-bond acceptors (Lipinski definition) is 3. The van der Waals surface area contributed by atoms with Crippen molar-refractivity contribution in [1.29, 1.82) is 0 Å². The van der Waals surface area contributed by atoms with Crippen LogP contribution in [0.15, 0.2) is 60.7 Å². The van der Waals surface area contributed by atoms with E-state index in [0.29, 0.717) is 23.4 Å². The summed E-state index contributed by atoms with van der Waals surface area (Å²) >= 11 is 0. The summed E-state index contributed by atoms with van der Waals surface area (Å²) < 4.78 is 38.2. The molecule has 0 heterocycles. The van der Waals surface area contributed by atoms with E-state index in [4.69, 9.17) is 9.47 Å². The van der Waals surface area contributed by atoms with E-state index in [-0.39, 0.29) is 17.8 Å². The number of fused-ring (bicyclic) bond motifs is 1. The third-order valence-electron chi connectivity index (χ3n) is 6.94. The average molecular weight is 481 g/mol. The lowest BCUT2D eigenvalue weighted by molar-refractivity contribution is 0.207. The molecule has 1 saturated carbocycles. The van der Waals surface area contributed by atoms with Crippen LogP contribution in [0.4, 0.5) is 4.39 Å². The first-order valence-corrected chi connectivity index (χ1v) is 14.1. The lowest BCUT2D eigenvalue weighted by Gasteiger charge is -2.21. The van der Waals surface area contributed by atoms with Crippen molar-refractivity contribution in [2.45, 2.75) is 37.7 Å². The molecule has 34 heavy (non-hydrogen) atoms. The largest absolute Gasteiger partial charge is 0.497 e. The van der Waals surface area contributed by atoms with Crippen LogP contribution in [0.25, 0.3) is 11.1 Å². The summed E-state index contributed by atoms with van der Waals surface area (Å²) in [6.45, 7) is 1.45. The van der Waals surface area contributed by atoms with Gasteiger partial charge in [0.1, 0.15) is 23.4 Å². The Morgan fingerprint density at radius 1 is 1.06 bits per heavy atom. The summed E-state index contributed by atoms with van der Waals surface area (Å²) in [5, 5.41) is 0. The van der Waals surface area contributed by atoms with Crippen LogP contribution >= 0.6 is 7.37 Å². The molecule has 1 N–H and O–H groups in total. The van der Waals surface area contributed by atoms with Gasteiger partial charge in [-0.15, -0.1) is 0 Å². The monoisotopic (exact) mass is 480 g/mol. The molecule has 3 atom stereocenters. The minimum Gasteiger partial charge on any atom is -0.497 e. The molecular formula is C28H30FO4P. The minimum atomic E-state index is -3.10. The van der Waals surface area contributed by atoms with Crippen LogP contribution in [0, 0.1) is 11.7 Å². The minimum absolute atomic E-state index is 0.0658. The van der Waals surface area contributed by atoms with E-state index in [1.54, 1.807) is 19.2 Å². The fraction of sp³-hybridized carbons (Fsp3) is 0.357. The molecule has 1 fully saturated rings. The van der Waals surface area contributed by atoms with E-state index in [1.807, 2.05) is 36.4 Å². The molecule has 178 valence electrons. The summed E-state index contributed by atoms with van der Waals surface area (Å²) in [5.74, 6) is 1.72. The van der Waals surface area contributed by atoms with Gasteiger partial charge in [-0.1, -0.05) is 30.3 Å². The van der Waals surface area contributed by atoms with Gasteiger partial charge in [-0.25, -0.2) is 4.39 Å². The molecule has 0 amide bonds. The van der Waals surface area contributed by atoms with Gasteiger partial charge in [0.05, 0.1) is 7.11 Å². The predicted molar refractivity (Wildman–Crippen MR) is 133 cm³/mol. The summed E-state index contributed by atoms with van der Waals surface area (Å²) in [6.07, 6.45) is 4.20. The molecule has 2 aliphatic carbocycles. The second kappa shape index (κ2) is 9.20. The molecule has 2 unspecified atom stereocenters. The lowest BCUT2D eigenvalue weighted by atomic mass is 9.96. The van der Waals surface area contributed by atoms with Gasteiger partial charge in [0.15, 0.2) is 7.37 Å². The predicted octanol–water partition coefficient (Wildman–Crippen LogP) is 6.96. The second-order valence-corrected chi connectivity index (χ2v) is 12.1. The van der Waals surface area contributed by atoms with Crippen LogP contribution in [-0.4, -0.2) is 24.8 Å². The average Bonchev–Trinajstić information content (AvgIpc) is 3.59. The van der Waals surface area contributed by atoms with E-state index in [9.17, 15) is 13.8 Å². The van der Waals surface area contributed by atoms with Crippen molar-refractivity contribution in [3.63, 3.8) is 0 Å². The SMILES string of the molecule is COc1ccc(F)c(-c2ccc3c(c2)CCC3Oc2cccc([C@@H](CP(C)(=O)O)C3CC3)c2)c1. The fourth-order valence-corrected chi connectivity index (χ4v) is 6.33. The van der Waals surface area contributed by atoms with Crippen molar-refractivity contribution in [2.24, 2.45) is 5.92 Å². The third kappa shape index (κ3) is 5.06. The summed E-state index contributed by atoms with van der Waals surface area (Å²) in [5.41, 5.74) is 4.74. The van der Waals surface area contributed by atoms with Crippen molar-refractivity contribution < 1.29 is 23.3 Å². The van der Waals surface area contributed by atoms with E-state index in [1.165, 1.54) is 18.3 Å². The maximum Gasteiger partial charge on any atom is 0.198 e. The molecule has 2 aliphatic rings. The molecular weight excluding hydrogens is 450 g/mol. The number of ether oxygens (including phenoxy) is 2. The maximum absolute atomic E-state index is 14.5. The van der Waals surface area contributed by atoms with Crippen molar-refractivity contribution >= 4 is 7.37 Å². The van der Waals surface area contributed by atoms with Crippen molar-refractivity contribution in [2.75, 3.05) is 19.9 Å². The number of benzene rings is 3. The molecule has 3 aromatic carbocycles. The Bertz CT molecular complexity index is 1250. The quantitative estimate of drug-likeness (QED) is 0.354. The highest BCUT2D eigenvalue weighted by Crippen LogP contribution is 2.51. The first kappa shape index (κ1) is 23.1. The van der Waals surface area contributed by atoms with Gasteiger partial charge < -0.3 is 14.4 Å². The standard InChI is InChI=1S/C28H30FO4P/c1-32-22-10-12-27(29)25(16-22)21-8-11-24-20(14-21)9-13-28(24)33-23-5-3-4-19(15-23)26(18-6-7-18)17-34(2,30)31/h3-5,8,10-12,14-16,18,26,28H,6-7,9,13,17H2,1-2H3,(H,30,31)/t26-,28?/m0/s1. The number of methoxy groups -OCH3 is 1. The van der Waals surface area contributed by atoms with Gasteiger partial charge in [-0.2, -0.15) is 0 Å². The highest BCUT2D eigenvalue weighted by Gasteiger charge is 2.35. The maximum atomic E-state index is 14.5. The first-order valence-electron chi connectivity index (χ1n) is 11.8. The third-order valence-corrected chi connectivity index (χ3v) is 8.01. The molecule has 0 aliphatic heterocycles. The summed E-state index contributed by atoms with van der Waals surface area (Å²) in [7, 11) is -1.53. The van der Waals surface area contributed by atoms with Crippen LogP contribution in [0.2, 0.25) is 0 Å². The molecule has 5 rings (SSSR count). The van der Waals surface area contributed by atoms with Crippen molar-refractivity contribution in [3.8, 4) is 22.6 Å².